The van der Waals surface area contributed by atoms with Crippen LogP contribution < -0.4 is 5.32 Å². The molecule has 0 spiro atoms. The quantitative estimate of drug-likeness (QED) is 0.797. The van der Waals surface area contributed by atoms with Crippen LogP contribution in [-0.2, 0) is 13.8 Å². The highest BCUT2D eigenvalue weighted by molar-refractivity contribution is 9.10. The zero-order valence-corrected chi connectivity index (χ0v) is 14.5. The van der Waals surface area contributed by atoms with Crippen LogP contribution in [0.25, 0.3) is 0 Å². The molecule has 1 fully saturated rings. The van der Waals surface area contributed by atoms with Gasteiger partial charge in [-0.2, -0.15) is 0 Å². The molecular weight excluding hydrogens is 382 g/mol. The van der Waals surface area contributed by atoms with Gasteiger partial charge in [0.2, 0.25) is 0 Å². The number of carbonyl (C=O) groups is 1. The Morgan fingerprint density at radius 2 is 1.95 bits per heavy atom. The number of nitrogens with one attached hydrogen (secondary N) is 1. The molecule has 2 rings (SSSR count). The molecule has 0 aromatic heterocycles. The maximum absolute atomic E-state index is 12.3. The first-order valence-electron chi connectivity index (χ1n) is 6.35. The predicted molar refractivity (Wildman–Crippen MR) is 83.1 cm³/mol. The first-order valence-corrected chi connectivity index (χ1v) is 9.45. The van der Waals surface area contributed by atoms with Crippen molar-refractivity contribution in [3.63, 3.8) is 0 Å². The van der Waals surface area contributed by atoms with Crippen LogP contribution in [0, 0.1) is 0 Å². The second kappa shape index (κ2) is 6.24. The predicted octanol–water partition coefficient (Wildman–Crippen LogP) is 2.68. The first kappa shape index (κ1) is 16.7. The number of ether oxygens (including phenoxy) is 1. The molecule has 1 saturated heterocycles. The van der Waals surface area contributed by atoms with E-state index in [0.717, 1.165) is 0 Å². The van der Waals surface area contributed by atoms with E-state index in [-0.39, 0.29) is 21.9 Å². The zero-order valence-electron chi connectivity index (χ0n) is 11.4. The topological polar surface area (TPSA) is 72.5 Å². The molecule has 5 nitrogen and oxygen atoms in total. The van der Waals surface area contributed by atoms with Gasteiger partial charge in [0.25, 0.3) is 15.0 Å². The molecule has 0 radical (unpaired) electrons. The minimum absolute atomic E-state index is 0.110. The number of hydrogen-bond acceptors (Lipinski definition) is 4. The summed E-state index contributed by atoms with van der Waals surface area (Å²) in [6, 6.07) is 4.18. The van der Waals surface area contributed by atoms with E-state index in [0.29, 0.717) is 30.5 Å². The second-order valence-corrected chi connectivity index (χ2v) is 8.72. The highest BCUT2D eigenvalue weighted by Gasteiger charge is 2.29. The highest BCUT2D eigenvalue weighted by Crippen LogP contribution is 2.24. The van der Waals surface area contributed by atoms with Crippen molar-refractivity contribution in [3.8, 4) is 0 Å². The van der Waals surface area contributed by atoms with Gasteiger partial charge in [0.1, 0.15) is 0 Å². The third-order valence-electron chi connectivity index (χ3n) is 3.43. The maximum Gasteiger partial charge on any atom is 0.261 e. The number of benzene rings is 1. The fourth-order valence-corrected chi connectivity index (χ4v) is 3.58. The number of carbonyl (C=O) groups excluding carboxylic acids is 1. The Labute approximate surface area is 136 Å². The lowest BCUT2D eigenvalue weighted by atomic mass is 9.92. The summed E-state index contributed by atoms with van der Waals surface area (Å²) < 4.78 is 28.6. The Morgan fingerprint density at radius 3 is 2.52 bits per heavy atom. The summed E-state index contributed by atoms with van der Waals surface area (Å²) in [6.07, 6.45) is 1.43. The third-order valence-corrected chi connectivity index (χ3v) is 5.22. The summed E-state index contributed by atoms with van der Waals surface area (Å²) in [7, 11) is 1.44. The van der Waals surface area contributed by atoms with Crippen molar-refractivity contribution in [2.24, 2.45) is 0 Å². The molecular formula is C13H15BrClNO4S. The molecule has 0 unspecified atom stereocenters. The molecule has 1 N–H and O–H groups in total. The Bertz CT molecular complexity index is 656. The summed E-state index contributed by atoms with van der Waals surface area (Å²) in [5, 5.41) is 2.94. The summed E-state index contributed by atoms with van der Waals surface area (Å²) in [5.41, 5.74) is -0.103. The van der Waals surface area contributed by atoms with Crippen LogP contribution in [0.5, 0.6) is 0 Å². The smallest absolute Gasteiger partial charge is 0.261 e. The summed E-state index contributed by atoms with van der Waals surface area (Å²) in [5.74, 6) is -0.331. The average molecular weight is 397 g/mol. The van der Waals surface area contributed by atoms with Crippen LogP contribution in [0.15, 0.2) is 27.6 Å². The molecule has 0 bridgehead atoms. The standard InChI is InChI=1S/C13H15BrClNO4S/c1-13(2-4-20-5-3-13)16-12(17)9-6-10(14)8-11(7-9)21(15,18)19/h6-8H,2-5H2,1H3,(H,16,17). The number of halogens is 2. The van der Waals surface area contributed by atoms with E-state index in [2.05, 4.69) is 21.2 Å². The molecule has 1 amide bonds. The Balaban J connectivity index is 2.25. The van der Waals surface area contributed by atoms with Crippen molar-refractivity contribution in [1.29, 1.82) is 0 Å². The van der Waals surface area contributed by atoms with Gasteiger partial charge < -0.3 is 10.1 Å². The minimum Gasteiger partial charge on any atom is -0.381 e. The Hall–Kier alpha value is -0.630. The zero-order chi connectivity index (χ0) is 15.7. The van der Waals surface area contributed by atoms with Gasteiger partial charge in [-0.3, -0.25) is 4.79 Å². The van der Waals surface area contributed by atoms with E-state index in [1.807, 2.05) is 6.92 Å². The molecule has 0 saturated carbocycles. The van der Waals surface area contributed by atoms with Gasteiger partial charge in [0.05, 0.1) is 4.90 Å². The van der Waals surface area contributed by atoms with Crippen molar-refractivity contribution in [3.05, 3.63) is 28.2 Å². The second-order valence-electron chi connectivity index (χ2n) is 5.24. The molecule has 1 heterocycles. The van der Waals surface area contributed by atoms with Gasteiger partial charge in [-0.15, -0.1) is 0 Å². The number of amides is 1. The van der Waals surface area contributed by atoms with E-state index in [1.165, 1.54) is 12.1 Å². The van der Waals surface area contributed by atoms with E-state index in [4.69, 9.17) is 15.4 Å². The summed E-state index contributed by atoms with van der Waals surface area (Å²) in [4.78, 5) is 12.2. The normalized spacial score (nSPS) is 18.2. The van der Waals surface area contributed by atoms with Gasteiger partial charge in [0.15, 0.2) is 0 Å². The highest BCUT2D eigenvalue weighted by atomic mass is 79.9. The van der Waals surface area contributed by atoms with Crippen LogP contribution in [0.2, 0.25) is 0 Å². The van der Waals surface area contributed by atoms with Gasteiger partial charge in [0, 0.05) is 39.5 Å². The van der Waals surface area contributed by atoms with Crippen LogP contribution in [0.1, 0.15) is 30.1 Å². The maximum atomic E-state index is 12.3. The third kappa shape index (κ3) is 4.42. The minimum atomic E-state index is -3.89. The van der Waals surface area contributed by atoms with Crippen molar-refractivity contribution in [1.82, 2.24) is 5.32 Å². The van der Waals surface area contributed by atoms with Crippen molar-refractivity contribution >= 4 is 41.6 Å². The number of hydrogen-bond donors (Lipinski definition) is 1. The molecule has 1 aliphatic heterocycles. The van der Waals surface area contributed by atoms with E-state index >= 15 is 0 Å². The van der Waals surface area contributed by atoms with Crippen molar-refractivity contribution in [2.45, 2.75) is 30.2 Å². The largest absolute Gasteiger partial charge is 0.381 e. The van der Waals surface area contributed by atoms with Crippen LogP contribution in [0.4, 0.5) is 0 Å². The molecule has 0 aliphatic carbocycles. The van der Waals surface area contributed by atoms with E-state index in [9.17, 15) is 13.2 Å². The molecule has 0 atom stereocenters. The van der Waals surface area contributed by atoms with Gasteiger partial charge in [-0.05, 0) is 38.0 Å². The molecule has 1 aromatic carbocycles. The van der Waals surface area contributed by atoms with Crippen molar-refractivity contribution < 1.29 is 17.9 Å². The average Bonchev–Trinajstić information content (AvgIpc) is 2.37. The number of rotatable bonds is 3. The molecule has 8 heteroatoms. The Kier molecular flexibility index (Phi) is 4.97. The van der Waals surface area contributed by atoms with E-state index < -0.39 is 9.05 Å². The molecule has 116 valence electrons. The fourth-order valence-electron chi connectivity index (χ4n) is 2.13. The summed E-state index contributed by atoms with van der Waals surface area (Å²) in [6.45, 7) is 3.14. The lowest BCUT2D eigenvalue weighted by molar-refractivity contribution is 0.0423. The first-order chi connectivity index (χ1) is 9.70. The molecule has 1 aliphatic rings. The monoisotopic (exact) mass is 395 g/mol. The lowest BCUT2D eigenvalue weighted by Crippen LogP contribution is -2.49. The van der Waals surface area contributed by atoms with Gasteiger partial charge in [-0.1, -0.05) is 15.9 Å². The van der Waals surface area contributed by atoms with Crippen LogP contribution in [-0.4, -0.2) is 33.1 Å². The van der Waals surface area contributed by atoms with Crippen molar-refractivity contribution in [2.75, 3.05) is 13.2 Å². The Morgan fingerprint density at radius 1 is 1.33 bits per heavy atom. The van der Waals surface area contributed by atoms with E-state index in [1.54, 1.807) is 6.07 Å². The molecule has 21 heavy (non-hydrogen) atoms. The van der Waals surface area contributed by atoms with Gasteiger partial charge in [-0.25, -0.2) is 8.42 Å². The van der Waals surface area contributed by atoms with Crippen LogP contribution in [0.3, 0.4) is 0 Å². The summed E-state index contributed by atoms with van der Waals surface area (Å²) >= 11 is 3.19. The molecule has 1 aromatic rings. The SMILES string of the molecule is CC1(NC(=O)c2cc(Br)cc(S(=O)(=O)Cl)c2)CCOCC1. The fraction of sp³-hybridized carbons (Fsp3) is 0.462. The lowest BCUT2D eigenvalue weighted by Gasteiger charge is -2.34. The van der Waals surface area contributed by atoms with Gasteiger partial charge >= 0.3 is 0 Å². The van der Waals surface area contributed by atoms with Crippen LogP contribution >= 0.6 is 26.6 Å².